The molecule has 0 saturated heterocycles. The van der Waals surface area contributed by atoms with Crippen LogP contribution in [0, 0.1) is 27.7 Å². The highest BCUT2D eigenvalue weighted by Crippen LogP contribution is 2.02. The molecule has 0 amide bonds. The zero-order valence-corrected chi connectivity index (χ0v) is 17.5. The van der Waals surface area contributed by atoms with Gasteiger partial charge in [-0.3, -0.25) is 0 Å². The Morgan fingerprint density at radius 1 is 0.286 bits per heavy atom. The molecule has 4 aromatic carbocycles. The standard InChI is InChI=1S/C8H10.2C7H8.C6H6/c1-7-5-3-4-6-8(7)2;2*1-7-5-3-2-4-6-7;1-2-4-6-5-3-1/h3-6H,1-2H3;2*2-6H,1H3;1-6H. The van der Waals surface area contributed by atoms with Crippen molar-refractivity contribution in [3.63, 3.8) is 0 Å². The van der Waals surface area contributed by atoms with Crippen molar-refractivity contribution < 1.29 is 0 Å². The van der Waals surface area contributed by atoms with Gasteiger partial charge in [-0.05, 0) is 38.8 Å². The second-order valence-electron chi connectivity index (χ2n) is 6.55. The summed E-state index contributed by atoms with van der Waals surface area (Å²) in [6.45, 7) is 8.41. The summed E-state index contributed by atoms with van der Waals surface area (Å²) in [5.41, 5.74) is 5.38. The Labute approximate surface area is 171 Å². The Morgan fingerprint density at radius 2 is 0.500 bits per heavy atom. The lowest BCUT2D eigenvalue weighted by Gasteiger charge is -1.93. The Kier molecular flexibility index (Phi) is 12.3. The maximum absolute atomic E-state index is 2.12. The average molecular weight is 369 g/mol. The number of rotatable bonds is 0. The minimum Gasteiger partial charge on any atom is -0.0623 e. The normalized spacial score (nSPS) is 8.71. The molecule has 4 rings (SSSR count). The molecule has 0 radical (unpaired) electrons. The summed E-state index contributed by atoms with van der Waals surface area (Å²) >= 11 is 0. The second-order valence-corrected chi connectivity index (χ2v) is 6.55. The first-order chi connectivity index (χ1) is 13.6. The van der Waals surface area contributed by atoms with E-state index in [0.717, 1.165) is 0 Å². The third-order valence-electron chi connectivity index (χ3n) is 3.97. The van der Waals surface area contributed by atoms with Crippen LogP contribution >= 0.6 is 0 Å². The highest BCUT2D eigenvalue weighted by molar-refractivity contribution is 5.23. The molecule has 0 saturated carbocycles. The van der Waals surface area contributed by atoms with Gasteiger partial charge in [0.2, 0.25) is 0 Å². The van der Waals surface area contributed by atoms with Crippen molar-refractivity contribution in [3.8, 4) is 0 Å². The van der Waals surface area contributed by atoms with Gasteiger partial charge < -0.3 is 0 Å². The molecule has 0 aliphatic heterocycles. The van der Waals surface area contributed by atoms with Crippen LogP contribution in [0.3, 0.4) is 0 Å². The predicted molar refractivity (Wildman–Crippen MR) is 125 cm³/mol. The van der Waals surface area contributed by atoms with Gasteiger partial charge in [0.05, 0.1) is 0 Å². The first kappa shape index (κ1) is 22.9. The molecule has 144 valence electrons. The Hall–Kier alpha value is -3.12. The smallest absolute Gasteiger partial charge is 0.0395 e. The van der Waals surface area contributed by atoms with E-state index in [1.165, 1.54) is 22.3 Å². The third kappa shape index (κ3) is 12.3. The maximum Gasteiger partial charge on any atom is -0.0395 e. The first-order valence-corrected chi connectivity index (χ1v) is 9.65. The van der Waals surface area contributed by atoms with Crippen molar-refractivity contribution in [2.75, 3.05) is 0 Å². The van der Waals surface area contributed by atoms with Gasteiger partial charge in [0.25, 0.3) is 0 Å². The Morgan fingerprint density at radius 3 is 0.679 bits per heavy atom. The fraction of sp³-hybridized carbons (Fsp3) is 0.143. The van der Waals surface area contributed by atoms with Gasteiger partial charge in [0, 0.05) is 0 Å². The van der Waals surface area contributed by atoms with Gasteiger partial charge >= 0.3 is 0 Å². The van der Waals surface area contributed by atoms with Gasteiger partial charge in [-0.1, -0.05) is 132 Å². The lowest BCUT2D eigenvalue weighted by atomic mass is 10.1. The van der Waals surface area contributed by atoms with Gasteiger partial charge in [-0.15, -0.1) is 0 Å². The van der Waals surface area contributed by atoms with Crippen LogP contribution in [0.5, 0.6) is 0 Å². The predicted octanol–water partition coefficient (Wildman–Crippen LogP) is 7.98. The fourth-order valence-corrected chi connectivity index (χ4v) is 2.12. The van der Waals surface area contributed by atoms with Gasteiger partial charge in [-0.25, -0.2) is 0 Å². The van der Waals surface area contributed by atoms with Gasteiger partial charge in [0.1, 0.15) is 0 Å². The number of benzene rings is 4. The van der Waals surface area contributed by atoms with E-state index < -0.39 is 0 Å². The average Bonchev–Trinajstić information content (AvgIpc) is 2.74. The highest BCUT2D eigenvalue weighted by atomic mass is 13.9. The zero-order valence-electron chi connectivity index (χ0n) is 17.5. The molecule has 0 N–H and O–H groups in total. The van der Waals surface area contributed by atoms with Crippen molar-refractivity contribution in [2.24, 2.45) is 0 Å². The maximum atomic E-state index is 2.12. The summed E-state index contributed by atoms with van der Waals surface area (Å²) < 4.78 is 0. The van der Waals surface area contributed by atoms with Crippen LogP contribution in [0.2, 0.25) is 0 Å². The lowest BCUT2D eigenvalue weighted by Crippen LogP contribution is -1.74. The molecular weight excluding hydrogens is 336 g/mol. The van der Waals surface area contributed by atoms with E-state index in [1.807, 2.05) is 72.8 Å². The van der Waals surface area contributed by atoms with Crippen LogP contribution < -0.4 is 0 Å². The van der Waals surface area contributed by atoms with Crippen LogP contribution in [0.1, 0.15) is 22.3 Å². The van der Waals surface area contributed by atoms with Crippen LogP contribution in [0.15, 0.2) is 121 Å². The molecule has 4 aromatic rings. The zero-order chi connectivity index (χ0) is 20.5. The summed E-state index contributed by atoms with van der Waals surface area (Å²) in [6, 6.07) is 40.9. The summed E-state index contributed by atoms with van der Waals surface area (Å²) in [5.74, 6) is 0. The van der Waals surface area contributed by atoms with E-state index in [-0.39, 0.29) is 0 Å². The molecular formula is C28H32. The van der Waals surface area contributed by atoms with Crippen molar-refractivity contribution in [2.45, 2.75) is 27.7 Å². The van der Waals surface area contributed by atoms with Crippen molar-refractivity contribution in [1.29, 1.82) is 0 Å². The number of hydrogen-bond donors (Lipinski definition) is 0. The summed E-state index contributed by atoms with van der Waals surface area (Å²) in [5, 5.41) is 0. The molecule has 28 heavy (non-hydrogen) atoms. The first-order valence-electron chi connectivity index (χ1n) is 9.65. The van der Waals surface area contributed by atoms with E-state index in [0.29, 0.717) is 0 Å². The molecule has 0 aliphatic rings. The van der Waals surface area contributed by atoms with E-state index in [1.54, 1.807) is 0 Å². The van der Waals surface area contributed by atoms with Gasteiger partial charge in [0.15, 0.2) is 0 Å². The number of aryl methyl sites for hydroxylation is 4. The quantitative estimate of drug-likeness (QED) is 0.295. The summed E-state index contributed by atoms with van der Waals surface area (Å²) in [7, 11) is 0. The van der Waals surface area contributed by atoms with Gasteiger partial charge in [-0.2, -0.15) is 0 Å². The van der Waals surface area contributed by atoms with E-state index in [9.17, 15) is 0 Å². The number of hydrogen-bond acceptors (Lipinski definition) is 0. The highest BCUT2D eigenvalue weighted by Gasteiger charge is 1.83. The molecule has 0 unspecified atom stereocenters. The van der Waals surface area contributed by atoms with Crippen molar-refractivity contribution in [3.05, 3.63) is 144 Å². The van der Waals surface area contributed by atoms with Crippen LogP contribution in [-0.2, 0) is 0 Å². The molecule has 0 bridgehead atoms. The van der Waals surface area contributed by atoms with E-state index in [2.05, 4.69) is 76.2 Å². The minimum atomic E-state index is 1.32. The fourth-order valence-electron chi connectivity index (χ4n) is 2.12. The van der Waals surface area contributed by atoms with E-state index >= 15 is 0 Å². The van der Waals surface area contributed by atoms with Crippen LogP contribution in [0.4, 0.5) is 0 Å². The SMILES string of the molecule is Cc1ccccc1.Cc1ccccc1.Cc1ccccc1C.c1ccccc1. The molecule has 0 aromatic heterocycles. The summed E-state index contributed by atoms with van der Waals surface area (Å²) in [6.07, 6.45) is 0. The lowest BCUT2D eigenvalue weighted by molar-refractivity contribution is 1.34. The second kappa shape index (κ2) is 15.0. The van der Waals surface area contributed by atoms with E-state index in [4.69, 9.17) is 0 Å². The Balaban J connectivity index is 0.000000188. The summed E-state index contributed by atoms with van der Waals surface area (Å²) in [4.78, 5) is 0. The van der Waals surface area contributed by atoms with Crippen molar-refractivity contribution in [1.82, 2.24) is 0 Å². The largest absolute Gasteiger partial charge is 0.0623 e. The molecule has 0 heterocycles. The minimum absolute atomic E-state index is 1.32. The third-order valence-corrected chi connectivity index (χ3v) is 3.97. The van der Waals surface area contributed by atoms with Crippen LogP contribution in [-0.4, -0.2) is 0 Å². The molecule has 0 spiro atoms. The monoisotopic (exact) mass is 368 g/mol. The molecule has 0 atom stereocenters. The van der Waals surface area contributed by atoms with Crippen LogP contribution in [0.25, 0.3) is 0 Å². The molecule has 0 nitrogen and oxygen atoms in total. The van der Waals surface area contributed by atoms with Crippen molar-refractivity contribution >= 4 is 0 Å². The Bertz CT molecular complexity index is 749. The molecule has 0 aliphatic carbocycles. The molecule has 0 fully saturated rings. The topological polar surface area (TPSA) is 0 Å². The molecule has 0 heteroatoms.